The van der Waals surface area contributed by atoms with E-state index < -0.39 is 17.7 Å². The molecule has 0 bridgehead atoms. The molecule has 0 saturated carbocycles. The molecule has 0 aromatic heterocycles. The van der Waals surface area contributed by atoms with E-state index in [9.17, 15) is 14.4 Å². The highest BCUT2D eigenvalue weighted by Crippen LogP contribution is 2.28. The van der Waals surface area contributed by atoms with Crippen molar-refractivity contribution in [3.05, 3.63) is 0 Å². The third-order valence-corrected chi connectivity index (χ3v) is 3.73. The summed E-state index contributed by atoms with van der Waals surface area (Å²) in [4.78, 5) is 38.9. The second-order valence-corrected chi connectivity index (χ2v) is 6.44. The van der Waals surface area contributed by atoms with Crippen LogP contribution in [0.15, 0.2) is 0 Å². The van der Waals surface area contributed by atoms with Gasteiger partial charge in [-0.2, -0.15) is 0 Å². The van der Waals surface area contributed by atoms with Gasteiger partial charge in [0.05, 0.1) is 12.5 Å². The first-order valence-electron chi connectivity index (χ1n) is 7.00. The Kier molecular flexibility index (Phi) is 3.86. The summed E-state index contributed by atoms with van der Waals surface area (Å²) in [5.74, 6) is -0.704. The van der Waals surface area contributed by atoms with Crippen LogP contribution in [0.25, 0.3) is 0 Å². The smallest absolute Gasteiger partial charge is 0.323 e. The zero-order chi connectivity index (χ0) is 15.1. The predicted octanol–water partition coefficient (Wildman–Crippen LogP) is 0.550. The molecule has 0 aliphatic carbocycles. The number of amides is 2. The highest BCUT2D eigenvalue weighted by Gasteiger charge is 2.46. The van der Waals surface area contributed by atoms with Gasteiger partial charge in [-0.25, -0.2) is 0 Å². The zero-order valence-corrected chi connectivity index (χ0v) is 12.5. The largest absolute Gasteiger partial charge is 0.459 e. The van der Waals surface area contributed by atoms with Crippen molar-refractivity contribution in [3.8, 4) is 0 Å². The van der Waals surface area contributed by atoms with Crippen LogP contribution >= 0.6 is 0 Å². The number of imide groups is 1. The molecular formula is C14H22N2O4. The number of hydrogen-bond acceptors (Lipinski definition) is 5. The first-order chi connectivity index (χ1) is 9.20. The Labute approximate surface area is 119 Å². The lowest BCUT2D eigenvalue weighted by atomic mass is 10.1. The van der Waals surface area contributed by atoms with Crippen molar-refractivity contribution < 1.29 is 19.1 Å². The lowest BCUT2D eigenvalue weighted by Gasteiger charge is -2.29. The molecule has 2 aliphatic rings. The summed E-state index contributed by atoms with van der Waals surface area (Å²) < 4.78 is 5.41. The minimum Gasteiger partial charge on any atom is -0.459 e. The normalized spacial score (nSPS) is 28.3. The molecule has 6 nitrogen and oxygen atoms in total. The number of esters is 1. The Morgan fingerprint density at radius 3 is 2.45 bits per heavy atom. The molecular weight excluding hydrogens is 260 g/mol. The van der Waals surface area contributed by atoms with Crippen LogP contribution in [0.4, 0.5) is 0 Å². The van der Waals surface area contributed by atoms with Crippen molar-refractivity contribution in [2.45, 2.75) is 57.7 Å². The molecule has 0 N–H and O–H groups in total. The fourth-order valence-electron chi connectivity index (χ4n) is 2.78. The van der Waals surface area contributed by atoms with Crippen LogP contribution in [0.5, 0.6) is 0 Å². The molecule has 0 aromatic rings. The van der Waals surface area contributed by atoms with Gasteiger partial charge in [-0.1, -0.05) is 0 Å². The van der Waals surface area contributed by atoms with Gasteiger partial charge in [0.25, 0.3) is 0 Å². The third kappa shape index (κ3) is 2.85. The fraction of sp³-hybridized carbons (Fsp3) is 0.786. The van der Waals surface area contributed by atoms with Crippen LogP contribution in [-0.2, 0) is 19.1 Å². The summed E-state index contributed by atoms with van der Waals surface area (Å²) in [5, 5.41) is 0. The molecule has 2 amide bonds. The second-order valence-electron chi connectivity index (χ2n) is 6.44. The maximum absolute atomic E-state index is 12.2. The predicted molar refractivity (Wildman–Crippen MR) is 71.8 cm³/mol. The molecule has 112 valence electrons. The van der Waals surface area contributed by atoms with Crippen molar-refractivity contribution in [1.29, 1.82) is 0 Å². The van der Waals surface area contributed by atoms with Gasteiger partial charge in [0, 0.05) is 7.05 Å². The Bertz CT molecular complexity index is 441. The molecule has 2 aliphatic heterocycles. The van der Waals surface area contributed by atoms with Crippen molar-refractivity contribution in [2.24, 2.45) is 0 Å². The van der Waals surface area contributed by atoms with E-state index in [-0.39, 0.29) is 24.2 Å². The number of carbonyl (C=O) groups is 3. The SMILES string of the molecule is CN1C(=O)CC(N2CCC[C@@H]2C(=O)OC(C)(C)C)C1=O. The minimum absolute atomic E-state index is 0.161. The molecule has 2 saturated heterocycles. The topological polar surface area (TPSA) is 66.9 Å². The summed E-state index contributed by atoms with van der Waals surface area (Å²) in [7, 11) is 1.49. The molecule has 2 rings (SSSR count). The van der Waals surface area contributed by atoms with E-state index in [1.54, 1.807) is 0 Å². The lowest BCUT2D eigenvalue weighted by molar-refractivity contribution is -0.161. The number of ether oxygens (including phenoxy) is 1. The summed E-state index contributed by atoms with van der Waals surface area (Å²) in [6.07, 6.45) is 1.68. The van der Waals surface area contributed by atoms with Gasteiger partial charge in [0.1, 0.15) is 11.6 Å². The summed E-state index contributed by atoms with van der Waals surface area (Å²) in [6, 6.07) is -0.921. The van der Waals surface area contributed by atoms with Crippen LogP contribution in [0.1, 0.15) is 40.0 Å². The van der Waals surface area contributed by atoms with E-state index in [2.05, 4.69) is 0 Å². The fourth-order valence-corrected chi connectivity index (χ4v) is 2.78. The van der Waals surface area contributed by atoms with Gasteiger partial charge in [-0.05, 0) is 40.2 Å². The molecule has 0 radical (unpaired) electrons. The number of likely N-dealkylation sites (N-methyl/N-ethyl adjacent to an activating group) is 1. The third-order valence-electron chi connectivity index (χ3n) is 3.73. The Morgan fingerprint density at radius 2 is 1.95 bits per heavy atom. The van der Waals surface area contributed by atoms with E-state index in [0.717, 1.165) is 11.3 Å². The van der Waals surface area contributed by atoms with Gasteiger partial charge in [-0.3, -0.25) is 24.2 Å². The molecule has 0 aromatic carbocycles. The monoisotopic (exact) mass is 282 g/mol. The molecule has 2 fully saturated rings. The van der Waals surface area contributed by atoms with E-state index >= 15 is 0 Å². The van der Waals surface area contributed by atoms with Crippen molar-refractivity contribution in [3.63, 3.8) is 0 Å². The van der Waals surface area contributed by atoms with Crippen molar-refractivity contribution in [1.82, 2.24) is 9.80 Å². The second kappa shape index (κ2) is 5.16. The van der Waals surface area contributed by atoms with E-state index in [1.165, 1.54) is 7.05 Å². The molecule has 20 heavy (non-hydrogen) atoms. The number of carbonyl (C=O) groups excluding carboxylic acids is 3. The Balaban J connectivity index is 2.10. The van der Waals surface area contributed by atoms with E-state index in [4.69, 9.17) is 4.74 Å². The molecule has 1 unspecified atom stereocenters. The number of rotatable bonds is 2. The van der Waals surface area contributed by atoms with Crippen LogP contribution in [0.2, 0.25) is 0 Å². The number of likely N-dealkylation sites (tertiary alicyclic amines) is 2. The quantitative estimate of drug-likeness (QED) is 0.546. The lowest BCUT2D eigenvalue weighted by Crippen LogP contribution is -2.48. The highest BCUT2D eigenvalue weighted by molar-refractivity contribution is 6.05. The number of hydrogen-bond donors (Lipinski definition) is 0. The summed E-state index contributed by atoms with van der Waals surface area (Å²) in [5.41, 5.74) is -0.544. The molecule has 6 heteroatoms. The minimum atomic E-state index is -0.544. The van der Waals surface area contributed by atoms with E-state index in [1.807, 2.05) is 25.7 Å². The van der Waals surface area contributed by atoms with Crippen LogP contribution in [0, 0.1) is 0 Å². The zero-order valence-electron chi connectivity index (χ0n) is 12.5. The van der Waals surface area contributed by atoms with Gasteiger partial charge < -0.3 is 4.74 Å². The summed E-state index contributed by atoms with van der Waals surface area (Å²) >= 11 is 0. The maximum Gasteiger partial charge on any atom is 0.323 e. The van der Waals surface area contributed by atoms with E-state index in [0.29, 0.717) is 13.0 Å². The Morgan fingerprint density at radius 1 is 1.30 bits per heavy atom. The van der Waals surface area contributed by atoms with Gasteiger partial charge in [-0.15, -0.1) is 0 Å². The maximum atomic E-state index is 12.2. The van der Waals surface area contributed by atoms with Crippen molar-refractivity contribution >= 4 is 17.8 Å². The highest BCUT2D eigenvalue weighted by atomic mass is 16.6. The average molecular weight is 282 g/mol. The average Bonchev–Trinajstić information content (AvgIpc) is 2.88. The van der Waals surface area contributed by atoms with Gasteiger partial charge >= 0.3 is 5.97 Å². The van der Waals surface area contributed by atoms with Crippen LogP contribution in [0.3, 0.4) is 0 Å². The summed E-state index contributed by atoms with van der Waals surface area (Å²) in [6.45, 7) is 6.12. The molecule has 2 atom stereocenters. The molecule has 0 spiro atoms. The van der Waals surface area contributed by atoms with Gasteiger partial charge in [0.15, 0.2) is 0 Å². The number of nitrogens with zero attached hydrogens (tertiary/aromatic N) is 2. The first kappa shape index (κ1) is 15.0. The molecule has 2 heterocycles. The first-order valence-corrected chi connectivity index (χ1v) is 7.00. The van der Waals surface area contributed by atoms with Crippen LogP contribution in [-0.4, -0.2) is 58.9 Å². The Hall–Kier alpha value is -1.43. The van der Waals surface area contributed by atoms with Gasteiger partial charge in [0.2, 0.25) is 11.8 Å². The standard InChI is InChI=1S/C14H22N2O4/c1-14(2,3)20-13(19)9-6-5-7-16(9)10-8-11(17)15(4)12(10)18/h9-10H,5-8H2,1-4H3/t9-,10?/m1/s1. The van der Waals surface area contributed by atoms with Crippen molar-refractivity contribution in [2.75, 3.05) is 13.6 Å². The van der Waals surface area contributed by atoms with Crippen LogP contribution < -0.4 is 0 Å².